The summed E-state index contributed by atoms with van der Waals surface area (Å²) in [5, 5.41) is 0. The van der Waals surface area contributed by atoms with Crippen molar-refractivity contribution < 1.29 is 0 Å². The zero-order valence-electron chi connectivity index (χ0n) is 10.3. The predicted octanol–water partition coefficient (Wildman–Crippen LogP) is 4.03. The van der Waals surface area contributed by atoms with E-state index in [0.717, 1.165) is 17.5 Å². The highest BCUT2D eigenvalue weighted by Gasteiger charge is 2.17. The van der Waals surface area contributed by atoms with Gasteiger partial charge in [-0.3, -0.25) is 0 Å². The van der Waals surface area contributed by atoms with E-state index in [0.29, 0.717) is 0 Å². The monoisotopic (exact) mass is 217 g/mol. The molecule has 0 unspecified atom stereocenters. The van der Waals surface area contributed by atoms with E-state index in [4.69, 9.17) is 5.73 Å². The molecule has 0 bridgehead atoms. The van der Waals surface area contributed by atoms with Crippen molar-refractivity contribution in [2.75, 3.05) is 5.73 Å². The van der Waals surface area contributed by atoms with Gasteiger partial charge in [0.1, 0.15) is 0 Å². The van der Waals surface area contributed by atoms with E-state index in [-0.39, 0.29) is 0 Å². The largest absolute Gasteiger partial charge is 0.399 e. The van der Waals surface area contributed by atoms with E-state index < -0.39 is 0 Å². The van der Waals surface area contributed by atoms with Crippen LogP contribution in [0.1, 0.15) is 44.6 Å². The van der Waals surface area contributed by atoms with E-state index in [1.165, 1.54) is 44.1 Å². The van der Waals surface area contributed by atoms with Crippen LogP contribution < -0.4 is 5.73 Å². The van der Waals surface area contributed by atoms with Crippen molar-refractivity contribution >= 4 is 5.69 Å². The molecule has 88 valence electrons. The molecule has 1 aliphatic carbocycles. The maximum Gasteiger partial charge on any atom is 0.0316 e. The van der Waals surface area contributed by atoms with E-state index in [9.17, 15) is 0 Å². The molecule has 0 amide bonds. The zero-order chi connectivity index (χ0) is 11.4. The summed E-state index contributed by atoms with van der Waals surface area (Å²) in [4.78, 5) is 0. The van der Waals surface area contributed by atoms with Gasteiger partial charge >= 0.3 is 0 Å². The summed E-state index contributed by atoms with van der Waals surface area (Å²) >= 11 is 0. The van der Waals surface area contributed by atoms with Gasteiger partial charge in [-0.05, 0) is 42.4 Å². The molecule has 0 radical (unpaired) electrons. The third-order valence-electron chi connectivity index (χ3n) is 3.93. The summed E-state index contributed by atoms with van der Waals surface area (Å²) in [6, 6.07) is 8.34. The Kier molecular flexibility index (Phi) is 3.87. The van der Waals surface area contributed by atoms with Crippen molar-refractivity contribution in [2.24, 2.45) is 11.8 Å². The van der Waals surface area contributed by atoms with Crippen molar-refractivity contribution in [2.45, 2.75) is 45.4 Å². The first kappa shape index (κ1) is 11.5. The van der Waals surface area contributed by atoms with Crippen molar-refractivity contribution in [1.29, 1.82) is 0 Å². The Labute approximate surface area is 99.0 Å². The highest BCUT2D eigenvalue weighted by molar-refractivity contribution is 5.40. The minimum Gasteiger partial charge on any atom is -0.399 e. The van der Waals surface area contributed by atoms with Crippen molar-refractivity contribution in [3.8, 4) is 0 Å². The summed E-state index contributed by atoms with van der Waals surface area (Å²) in [5.74, 6) is 1.92. The van der Waals surface area contributed by atoms with Crippen LogP contribution >= 0.6 is 0 Å². The summed E-state index contributed by atoms with van der Waals surface area (Å²) in [7, 11) is 0. The summed E-state index contributed by atoms with van der Waals surface area (Å²) < 4.78 is 0. The van der Waals surface area contributed by atoms with Gasteiger partial charge in [-0.1, -0.05) is 44.7 Å². The number of hydrogen-bond donors (Lipinski definition) is 1. The molecule has 0 saturated heterocycles. The lowest BCUT2D eigenvalue weighted by Crippen LogP contribution is -2.12. The Morgan fingerprint density at radius 1 is 1.19 bits per heavy atom. The molecule has 2 N–H and O–H groups in total. The van der Waals surface area contributed by atoms with E-state index >= 15 is 0 Å². The molecule has 0 aromatic heterocycles. The molecule has 0 heterocycles. The van der Waals surface area contributed by atoms with E-state index in [1.54, 1.807) is 0 Å². The van der Waals surface area contributed by atoms with Crippen molar-refractivity contribution in [1.82, 2.24) is 0 Å². The minimum atomic E-state index is 0.898. The normalized spacial score (nSPS) is 25.6. The van der Waals surface area contributed by atoms with Crippen LogP contribution in [0.3, 0.4) is 0 Å². The van der Waals surface area contributed by atoms with Gasteiger partial charge in [-0.15, -0.1) is 0 Å². The third-order valence-corrected chi connectivity index (χ3v) is 3.93. The molecule has 1 aliphatic rings. The molecule has 0 atom stereocenters. The topological polar surface area (TPSA) is 26.0 Å². The van der Waals surface area contributed by atoms with Gasteiger partial charge in [0.15, 0.2) is 0 Å². The highest BCUT2D eigenvalue weighted by Crippen LogP contribution is 2.31. The van der Waals surface area contributed by atoms with E-state index in [1.807, 2.05) is 6.07 Å². The first-order chi connectivity index (χ1) is 7.74. The minimum absolute atomic E-state index is 0.898. The number of nitrogen functional groups attached to an aromatic ring is 1. The summed E-state index contributed by atoms with van der Waals surface area (Å²) in [5.41, 5.74) is 8.08. The lowest BCUT2D eigenvalue weighted by molar-refractivity contribution is 0.278. The molecule has 1 aromatic rings. The third kappa shape index (κ3) is 3.26. The molecule has 1 saturated carbocycles. The van der Waals surface area contributed by atoms with Crippen LogP contribution in [0.2, 0.25) is 0 Å². The van der Waals surface area contributed by atoms with Gasteiger partial charge in [0.25, 0.3) is 0 Å². The fraction of sp³-hybridized carbons (Fsp3) is 0.600. The van der Waals surface area contributed by atoms with Gasteiger partial charge in [0, 0.05) is 5.69 Å². The first-order valence-corrected chi connectivity index (χ1v) is 6.58. The number of hydrogen-bond acceptors (Lipinski definition) is 1. The molecule has 1 aromatic carbocycles. The Morgan fingerprint density at radius 3 is 2.62 bits per heavy atom. The second-order valence-electron chi connectivity index (χ2n) is 5.41. The van der Waals surface area contributed by atoms with Gasteiger partial charge in [0.2, 0.25) is 0 Å². The number of anilines is 1. The molecule has 2 rings (SSSR count). The molecule has 1 nitrogen and oxygen atoms in total. The Hall–Kier alpha value is -0.980. The molecule has 0 spiro atoms. The molecular formula is C15H23N. The average molecular weight is 217 g/mol. The Morgan fingerprint density at radius 2 is 1.94 bits per heavy atom. The second-order valence-corrected chi connectivity index (χ2v) is 5.41. The summed E-state index contributed by atoms with van der Waals surface area (Å²) in [6.45, 7) is 2.38. The average Bonchev–Trinajstić information content (AvgIpc) is 2.28. The fourth-order valence-electron chi connectivity index (χ4n) is 2.74. The number of nitrogens with two attached hydrogens (primary N) is 1. The van der Waals surface area contributed by atoms with Crippen LogP contribution in [0.25, 0.3) is 0 Å². The molecule has 16 heavy (non-hydrogen) atoms. The Bertz CT molecular complexity index is 324. The maximum absolute atomic E-state index is 5.79. The number of rotatable bonds is 3. The van der Waals surface area contributed by atoms with Crippen LogP contribution in [0.15, 0.2) is 24.3 Å². The van der Waals surface area contributed by atoms with Gasteiger partial charge < -0.3 is 5.73 Å². The maximum atomic E-state index is 5.79. The molecule has 0 aliphatic heterocycles. The zero-order valence-corrected chi connectivity index (χ0v) is 10.3. The Balaban J connectivity index is 1.79. The van der Waals surface area contributed by atoms with E-state index in [2.05, 4.69) is 25.1 Å². The first-order valence-electron chi connectivity index (χ1n) is 6.58. The number of benzene rings is 1. The predicted molar refractivity (Wildman–Crippen MR) is 70.3 cm³/mol. The second kappa shape index (κ2) is 5.38. The lowest BCUT2D eigenvalue weighted by atomic mass is 9.80. The van der Waals surface area contributed by atoms with Crippen LogP contribution in [-0.2, 0) is 6.42 Å². The smallest absolute Gasteiger partial charge is 0.0316 e. The SMILES string of the molecule is CC1CCC(CCc2cccc(N)c2)CC1. The number of aryl methyl sites for hydroxylation is 1. The molecular weight excluding hydrogens is 194 g/mol. The summed E-state index contributed by atoms with van der Waals surface area (Å²) in [6.07, 6.45) is 8.27. The fourth-order valence-corrected chi connectivity index (χ4v) is 2.74. The van der Waals surface area contributed by atoms with Crippen LogP contribution in [0, 0.1) is 11.8 Å². The van der Waals surface area contributed by atoms with Crippen LogP contribution in [0.5, 0.6) is 0 Å². The van der Waals surface area contributed by atoms with Crippen molar-refractivity contribution in [3.63, 3.8) is 0 Å². The van der Waals surface area contributed by atoms with Gasteiger partial charge in [0.05, 0.1) is 0 Å². The highest BCUT2D eigenvalue weighted by atomic mass is 14.5. The van der Waals surface area contributed by atoms with Crippen molar-refractivity contribution in [3.05, 3.63) is 29.8 Å². The van der Waals surface area contributed by atoms with Crippen LogP contribution in [-0.4, -0.2) is 0 Å². The molecule has 1 fully saturated rings. The van der Waals surface area contributed by atoms with Gasteiger partial charge in [-0.2, -0.15) is 0 Å². The standard InChI is InChI=1S/C15H23N/c1-12-5-7-13(8-6-12)9-10-14-3-2-4-15(16)11-14/h2-4,11-13H,5-10,16H2,1H3. The quantitative estimate of drug-likeness (QED) is 0.760. The lowest BCUT2D eigenvalue weighted by Gasteiger charge is -2.26. The van der Waals surface area contributed by atoms with Gasteiger partial charge in [-0.25, -0.2) is 0 Å². The van der Waals surface area contributed by atoms with Crippen LogP contribution in [0.4, 0.5) is 5.69 Å². The molecule has 1 heteroatoms.